The van der Waals surface area contributed by atoms with Gasteiger partial charge in [-0.05, 0) is 18.2 Å². The number of hydrogen-bond acceptors (Lipinski definition) is 5. The maximum absolute atomic E-state index is 10.9. The number of nitrogens with two attached hydrogens (primary N) is 1. The monoisotopic (exact) mass is 260 g/mol. The fourth-order valence-corrected chi connectivity index (χ4v) is 1.57. The van der Waals surface area contributed by atoms with Crippen LogP contribution in [0, 0.1) is 0 Å². The molecular weight excluding hydrogens is 248 g/mol. The van der Waals surface area contributed by atoms with Crippen LogP contribution in [-0.2, 0) is 10.1 Å². The fraction of sp³-hybridized carbons (Fsp3) is 0.222. The molecule has 0 aliphatic carbocycles. The molecule has 0 aliphatic rings. The quantitative estimate of drug-likeness (QED) is 0.441. The number of rotatable bonds is 5. The SMILES string of the molecule is Nc1ccc(NCCS(=O)(=O)O)c(C(=O)O)c1. The van der Waals surface area contributed by atoms with Crippen molar-refractivity contribution in [2.45, 2.75) is 0 Å². The van der Waals surface area contributed by atoms with E-state index in [9.17, 15) is 13.2 Å². The van der Waals surface area contributed by atoms with E-state index in [2.05, 4.69) is 5.32 Å². The van der Waals surface area contributed by atoms with E-state index < -0.39 is 21.8 Å². The van der Waals surface area contributed by atoms with Crippen LogP contribution < -0.4 is 11.1 Å². The first kappa shape index (κ1) is 13.3. The van der Waals surface area contributed by atoms with E-state index in [0.29, 0.717) is 5.69 Å². The molecular formula is C9H12N2O5S. The molecule has 1 aromatic rings. The highest BCUT2D eigenvalue weighted by Crippen LogP contribution is 2.18. The Morgan fingerprint density at radius 1 is 1.41 bits per heavy atom. The zero-order chi connectivity index (χ0) is 13.1. The van der Waals surface area contributed by atoms with Crippen LogP contribution in [0.1, 0.15) is 10.4 Å². The topological polar surface area (TPSA) is 130 Å². The number of hydrogen-bond donors (Lipinski definition) is 4. The third-order valence-electron chi connectivity index (χ3n) is 1.95. The normalized spacial score (nSPS) is 11.1. The Labute approximate surface area is 98.0 Å². The van der Waals surface area contributed by atoms with Gasteiger partial charge in [0, 0.05) is 17.9 Å². The Hall–Kier alpha value is -1.80. The first-order valence-electron chi connectivity index (χ1n) is 4.61. The highest BCUT2D eigenvalue weighted by molar-refractivity contribution is 7.85. The van der Waals surface area contributed by atoms with Gasteiger partial charge in [0.15, 0.2) is 0 Å². The fourth-order valence-electron chi connectivity index (χ4n) is 1.21. The zero-order valence-electron chi connectivity index (χ0n) is 8.75. The summed E-state index contributed by atoms with van der Waals surface area (Å²) in [5.74, 6) is -1.68. The lowest BCUT2D eigenvalue weighted by Gasteiger charge is -2.09. The van der Waals surface area contributed by atoms with Crippen LogP contribution in [0.4, 0.5) is 11.4 Å². The van der Waals surface area contributed by atoms with Gasteiger partial charge in [0.25, 0.3) is 10.1 Å². The van der Waals surface area contributed by atoms with Crippen LogP contribution in [0.3, 0.4) is 0 Å². The molecule has 0 spiro atoms. The molecule has 0 radical (unpaired) electrons. The zero-order valence-corrected chi connectivity index (χ0v) is 9.57. The maximum Gasteiger partial charge on any atom is 0.337 e. The minimum Gasteiger partial charge on any atom is -0.478 e. The Morgan fingerprint density at radius 3 is 2.59 bits per heavy atom. The van der Waals surface area contributed by atoms with Gasteiger partial charge in [0.2, 0.25) is 0 Å². The molecule has 0 atom stereocenters. The summed E-state index contributed by atoms with van der Waals surface area (Å²) in [5, 5.41) is 11.5. The van der Waals surface area contributed by atoms with Crippen molar-refractivity contribution in [2.75, 3.05) is 23.3 Å². The average molecular weight is 260 g/mol. The van der Waals surface area contributed by atoms with Crippen LogP contribution >= 0.6 is 0 Å². The minimum absolute atomic E-state index is 0.0552. The lowest BCUT2D eigenvalue weighted by atomic mass is 10.1. The number of benzene rings is 1. The van der Waals surface area contributed by atoms with Gasteiger partial charge in [-0.2, -0.15) is 8.42 Å². The van der Waals surface area contributed by atoms with Crippen molar-refractivity contribution in [1.29, 1.82) is 0 Å². The Kier molecular flexibility index (Phi) is 3.92. The van der Waals surface area contributed by atoms with Crippen LogP contribution in [-0.4, -0.2) is 36.3 Å². The van der Waals surface area contributed by atoms with Gasteiger partial charge in [0.1, 0.15) is 0 Å². The van der Waals surface area contributed by atoms with Crippen molar-refractivity contribution < 1.29 is 22.9 Å². The molecule has 0 bridgehead atoms. The predicted octanol–water partition coefficient (Wildman–Crippen LogP) is 0.267. The smallest absolute Gasteiger partial charge is 0.337 e. The lowest BCUT2D eigenvalue weighted by molar-refractivity contribution is 0.0698. The summed E-state index contributed by atoms with van der Waals surface area (Å²) in [5.41, 5.74) is 5.92. The molecule has 0 fully saturated rings. The Bertz CT molecular complexity index is 526. The molecule has 94 valence electrons. The van der Waals surface area contributed by atoms with E-state index in [1.165, 1.54) is 18.2 Å². The number of aromatic carboxylic acids is 1. The summed E-state index contributed by atoms with van der Waals surface area (Å²) in [6, 6.07) is 4.18. The molecule has 5 N–H and O–H groups in total. The molecule has 0 aromatic heterocycles. The van der Waals surface area contributed by atoms with Crippen LogP contribution in [0.25, 0.3) is 0 Å². The molecule has 0 aliphatic heterocycles. The van der Waals surface area contributed by atoms with Crippen molar-refractivity contribution in [3.63, 3.8) is 0 Å². The molecule has 8 heteroatoms. The standard InChI is InChI=1S/C9H12N2O5S/c10-6-1-2-8(7(5-6)9(12)13)11-3-4-17(14,15)16/h1-2,5,11H,3-4,10H2,(H,12,13)(H,14,15,16). The number of carboxylic acids is 1. The molecule has 0 heterocycles. The molecule has 17 heavy (non-hydrogen) atoms. The predicted molar refractivity (Wildman–Crippen MR) is 62.7 cm³/mol. The van der Waals surface area contributed by atoms with E-state index >= 15 is 0 Å². The highest BCUT2D eigenvalue weighted by atomic mass is 32.2. The molecule has 0 unspecified atom stereocenters. The molecule has 0 amide bonds. The summed E-state index contributed by atoms with van der Waals surface area (Å²) >= 11 is 0. The van der Waals surface area contributed by atoms with E-state index in [4.69, 9.17) is 15.4 Å². The maximum atomic E-state index is 10.9. The van der Waals surface area contributed by atoms with Crippen molar-refractivity contribution in [3.8, 4) is 0 Å². The summed E-state index contributed by atoms with van der Waals surface area (Å²) < 4.78 is 29.5. The van der Waals surface area contributed by atoms with Crippen LogP contribution in [0.15, 0.2) is 18.2 Å². The van der Waals surface area contributed by atoms with E-state index in [1.807, 2.05) is 0 Å². The third-order valence-corrected chi connectivity index (χ3v) is 2.67. The van der Waals surface area contributed by atoms with E-state index in [-0.39, 0.29) is 17.8 Å². The number of carboxylic acid groups (broad SMARTS) is 1. The van der Waals surface area contributed by atoms with Gasteiger partial charge in [-0.1, -0.05) is 0 Å². The molecule has 0 saturated carbocycles. The largest absolute Gasteiger partial charge is 0.478 e. The molecule has 1 aromatic carbocycles. The van der Waals surface area contributed by atoms with Crippen molar-refractivity contribution >= 4 is 27.5 Å². The van der Waals surface area contributed by atoms with Crippen molar-refractivity contribution in [2.24, 2.45) is 0 Å². The summed E-state index contributed by atoms with van der Waals surface area (Å²) in [7, 11) is -4.07. The second kappa shape index (κ2) is 5.02. The van der Waals surface area contributed by atoms with Crippen LogP contribution in [0.5, 0.6) is 0 Å². The molecule has 7 nitrogen and oxygen atoms in total. The van der Waals surface area contributed by atoms with E-state index in [1.54, 1.807) is 0 Å². The Morgan fingerprint density at radius 2 is 2.06 bits per heavy atom. The van der Waals surface area contributed by atoms with Crippen molar-refractivity contribution in [1.82, 2.24) is 0 Å². The van der Waals surface area contributed by atoms with E-state index in [0.717, 1.165) is 0 Å². The molecule has 1 rings (SSSR count). The number of carbonyl (C=O) groups is 1. The average Bonchev–Trinajstić information content (AvgIpc) is 2.18. The van der Waals surface area contributed by atoms with Gasteiger partial charge < -0.3 is 16.2 Å². The summed E-state index contributed by atoms with van der Waals surface area (Å²) in [4.78, 5) is 10.9. The second-order valence-corrected chi connectivity index (χ2v) is 4.90. The van der Waals surface area contributed by atoms with Gasteiger partial charge in [-0.3, -0.25) is 4.55 Å². The number of nitrogens with one attached hydrogen (secondary N) is 1. The molecule has 0 saturated heterocycles. The number of anilines is 2. The highest BCUT2D eigenvalue weighted by Gasteiger charge is 2.11. The van der Waals surface area contributed by atoms with Gasteiger partial charge in [0.05, 0.1) is 11.3 Å². The first-order valence-corrected chi connectivity index (χ1v) is 6.22. The third kappa shape index (κ3) is 4.29. The van der Waals surface area contributed by atoms with Gasteiger partial charge >= 0.3 is 5.97 Å². The second-order valence-electron chi connectivity index (χ2n) is 3.32. The number of nitrogen functional groups attached to an aromatic ring is 1. The summed E-state index contributed by atoms with van der Waals surface area (Å²) in [6.07, 6.45) is 0. The summed E-state index contributed by atoms with van der Waals surface area (Å²) in [6.45, 7) is -0.0942. The van der Waals surface area contributed by atoms with Crippen molar-refractivity contribution in [3.05, 3.63) is 23.8 Å². The van der Waals surface area contributed by atoms with Gasteiger partial charge in [-0.25, -0.2) is 4.79 Å². The lowest BCUT2D eigenvalue weighted by Crippen LogP contribution is -2.16. The van der Waals surface area contributed by atoms with Crippen LogP contribution in [0.2, 0.25) is 0 Å². The minimum atomic E-state index is -4.07. The Balaban J connectivity index is 2.81. The van der Waals surface area contributed by atoms with Gasteiger partial charge in [-0.15, -0.1) is 0 Å². The first-order chi connectivity index (χ1) is 7.79.